The Hall–Kier alpha value is 0.170. The van der Waals surface area contributed by atoms with Crippen LogP contribution in [0.1, 0.15) is 6.42 Å². The van der Waals surface area contributed by atoms with Crippen LogP contribution in [0.2, 0.25) is 0 Å². The molecule has 0 aromatic rings. The number of rotatable bonds is 1. The highest BCUT2D eigenvalue weighted by molar-refractivity contribution is 5.85. The molecule has 0 aromatic heterocycles. The molecule has 1 unspecified atom stereocenters. The minimum atomic E-state index is 0. The lowest BCUT2D eigenvalue weighted by molar-refractivity contribution is 0.0206. The third-order valence-electron chi connectivity index (χ3n) is 2.60. The molecule has 0 aromatic carbocycles. The fourth-order valence-electron chi connectivity index (χ4n) is 1.89. The summed E-state index contributed by atoms with van der Waals surface area (Å²) >= 11 is 0. The standard InChI is InChI=1S/C8H16N2O.ClH/c1-2-9-7-8(1)10-3-5-11-6-4-10;/h8-9H,1-7H2;1H. The quantitative estimate of drug-likeness (QED) is 0.638. The maximum Gasteiger partial charge on any atom is 0.0594 e. The average molecular weight is 193 g/mol. The van der Waals surface area contributed by atoms with Crippen molar-refractivity contribution in [2.75, 3.05) is 39.4 Å². The lowest BCUT2D eigenvalue weighted by Crippen LogP contribution is -2.44. The minimum Gasteiger partial charge on any atom is -0.379 e. The van der Waals surface area contributed by atoms with E-state index in [2.05, 4.69) is 10.2 Å². The average Bonchev–Trinajstić information content (AvgIpc) is 2.58. The Morgan fingerprint density at radius 3 is 2.58 bits per heavy atom. The second-order valence-corrected chi connectivity index (χ2v) is 3.29. The van der Waals surface area contributed by atoms with Gasteiger partial charge < -0.3 is 10.1 Å². The number of morpholine rings is 1. The molecule has 2 fully saturated rings. The van der Waals surface area contributed by atoms with E-state index in [4.69, 9.17) is 4.74 Å². The first-order valence-corrected chi connectivity index (χ1v) is 4.49. The third kappa shape index (κ3) is 2.33. The largest absolute Gasteiger partial charge is 0.379 e. The fraction of sp³-hybridized carbons (Fsp3) is 1.00. The number of nitrogens with zero attached hydrogens (tertiary/aromatic N) is 1. The predicted octanol–water partition coefficient (Wildman–Crippen LogP) is 0.102. The van der Waals surface area contributed by atoms with Gasteiger partial charge in [-0.15, -0.1) is 12.4 Å². The minimum absolute atomic E-state index is 0. The summed E-state index contributed by atoms with van der Waals surface area (Å²) in [5.74, 6) is 0. The van der Waals surface area contributed by atoms with Crippen molar-refractivity contribution in [3.8, 4) is 0 Å². The summed E-state index contributed by atoms with van der Waals surface area (Å²) in [6, 6.07) is 0.791. The van der Waals surface area contributed by atoms with E-state index in [9.17, 15) is 0 Å². The van der Waals surface area contributed by atoms with Gasteiger partial charge in [0, 0.05) is 25.7 Å². The first kappa shape index (κ1) is 10.3. The van der Waals surface area contributed by atoms with E-state index in [1.165, 1.54) is 19.5 Å². The zero-order valence-corrected chi connectivity index (χ0v) is 8.11. The molecule has 0 aliphatic carbocycles. The second-order valence-electron chi connectivity index (χ2n) is 3.29. The van der Waals surface area contributed by atoms with Crippen molar-refractivity contribution in [1.29, 1.82) is 0 Å². The van der Waals surface area contributed by atoms with Crippen LogP contribution in [0.15, 0.2) is 0 Å². The number of hydrogen-bond acceptors (Lipinski definition) is 3. The smallest absolute Gasteiger partial charge is 0.0594 e. The molecule has 4 heteroatoms. The van der Waals surface area contributed by atoms with Crippen LogP contribution in [-0.4, -0.2) is 50.3 Å². The normalized spacial score (nSPS) is 31.5. The van der Waals surface area contributed by atoms with Crippen LogP contribution in [0.3, 0.4) is 0 Å². The fourth-order valence-corrected chi connectivity index (χ4v) is 1.89. The Morgan fingerprint density at radius 1 is 1.25 bits per heavy atom. The zero-order valence-electron chi connectivity index (χ0n) is 7.29. The summed E-state index contributed by atoms with van der Waals surface area (Å²) in [7, 11) is 0. The molecule has 3 nitrogen and oxygen atoms in total. The Balaban J connectivity index is 0.000000720. The summed E-state index contributed by atoms with van der Waals surface area (Å²) in [5, 5.41) is 3.39. The molecular weight excluding hydrogens is 176 g/mol. The van der Waals surface area contributed by atoms with E-state index in [1.807, 2.05) is 0 Å². The number of halogens is 1. The zero-order chi connectivity index (χ0) is 7.52. The van der Waals surface area contributed by atoms with Crippen molar-refractivity contribution in [3.63, 3.8) is 0 Å². The Morgan fingerprint density at radius 2 is 2.00 bits per heavy atom. The van der Waals surface area contributed by atoms with Gasteiger partial charge in [-0.3, -0.25) is 4.90 Å². The molecule has 12 heavy (non-hydrogen) atoms. The van der Waals surface area contributed by atoms with Crippen LogP contribution in [0.25, 0.3) is 0 Å². The van der Waals surface area contributed by atoms with Gasteiger partial charge in [-0.1, -0.05) is 0 Å². The van der Waals surface area contributed by atoms with E-state index in [1.54, 1.807) is 0 Å². The second kappa shape index (κ2) is 5.02. The monoisotopic (exact) mass is 192 g/mol. The SMILES string of the molecule is C1CC(N2CCOCC2)CN1.Cl. The number of nitrogens with one attached hydrogen (secondary N) is 1. The highest BCUT2D eigenvalue weighted by Crippen LogP contribution is 2.09. The number of ether oxygens (including phenoxy) is 1. The predicted molar refractivity (Wildman–Crippen MR) is 50.9 cm³/mol. The summed E-state index contributed by atoms with van der Waals surface area (Å²) in [6.07, 6.45) is 1.32. The van der Waals surface area contributed by atoms with Gasteiger partial charge in [-0.2, -0.15) is 0 Å². The van der Waals surface area contributed by atoms with E-state index in [-0.39, 0.29) is 12.4 Å². The van der Waals surface area contributed by atoms with Crippen molar-refractivity contribution in [2.24, 2.45) is 0 Å². The molecule has 2 rings (SSSR count). The molecular formula is C8H17ClN2O. The first-order valence-electron chi connectivity index (χ1n) is 4.49. The Kier molecular flexibility index (Phi) is 4.29. The summed E-state index contributed by atoms with van der Waals surface area (Å²) in [4.78, 5) is 2.55. The number of hydrogen-bond donors (Lipinski definition) is 1. The van der Waals surface area contributed by atoms with E-state index in [0.29, 0.717) is 0 Å². The molecule has 0 amide bonds. The van der Waals surface area contributed by atoms with Gasteiger partial charge in [0.1, 0.15) is 0 Å². The molecule has 0 spiro atoms. The van der Waals surface area contributed by atoms with Gasteiger partial charge >= 0.3 is 0 Å². The lowest BCUT2D eigenvalue weighted by atomic mass is 10.2. The van der Waals surface area contributed by atoms with E-state index in [0.717, 1.165) is 32.3 Å². The van der Waals surface area contributed by atoms with Crippen LogP contribution in [0, 0.1) is 0 Å². The van der Waals surface area contributed by atoms with Crippen LogP contribution < -0.4 is 5.32 Å². The van der Waals surface area contributed by atoms with Crippen LogP contribution in [-0.2, 0) is 4.74 Å². The summed E-state index contributed by atoms with van der Waals surface area (Å²) < 4.78 is 5.30. The van der Waals surface area contributed by atoms with Crippen LogP contribution in [0.4, 0.5) is 0 Å². The van der Waals surface area contributed by atoms with Gasteiger partial charge in [-0.25, -0.2) is 0 Å². The van der Waals surface area contributed by atoms with Crippen molar-refractivity contribution in [1.82, 2.24) is 10.2 Å². The van der Waals surface area contributed by atoms with Crippen LogP contribution >= 0.6 is 12.4 Å². The Bertz CT molecular complexity index is 122. The molecule has 2 saturated heterocycles. The van der Waals surface area contributed by atoms with Gasteiger partial charge in [-0.05, 0) is 13.0 Å². The first-order chi connectivity index (χ1) is 5.47. The molecule has 0 radical (unpaired) electrons. The molecule has 0 saturated carbocycles. The van der Waals surface area contributed by atoms with Crippen molar-refractivity contribution in [2.45, 2.75) is 12.5 Å². The highest BCUT2D eigenvalue weighted by Gasteiger charge is 2.23. The maximum absolute atomic E-state index is 5.30. The molecule has 1 N–H and O–H groups in total. The Labute approximate surface area is 79.9 Å². The van der Waals surface area contributed by atoms with Gasteiger partial charge in [0.2, 0.25) is 0 Å². The molecule has 0 bridgehead atoms. The van der Waals surface area contributed by atoms with Crippen LogP contribution in [0.5, 0.6) is 0 Å². The van der Waals surface area contributed by atoms with E-state index >= 15 is 0 Å². The molecule has 72 valence electrons. The summed E-state index contributed by atoms with van der Waals surface area (Å²) in [6.45, 7) is 6.49. The van der Waals surface area contributed by atoms with Crippen molar-refractivity contribution in [3.05, 3.63) is 0 Å². The highest BCUT2D eigenvalue weighted by atomic mass is 35.5. The lowest BCUT2D eigenvalue weighted by Gasteiger charge is -2.31. The van der Waals surface area contributed by atoms with Crippen molar-refractivity contribution < 1.29 is 4.74 Å². The summed E-state index contributed by atoms with van der Waals surface area (Å²) in [5.41, 5.74) is 0. The maximum atomic E-state index is 5.30. The van der Waals surface area contributed by atoms with Gasteiger partial charge in [0.05, 0.1) is 13.2 Å². The van der Waals surface area contributed by atoms with Crippen molar-refractivity contribution >= 4 is 12.4 Å². The van der Waals surface area contributed by atoms with Gasteiger partial charge in [0.15, 0.2) is 0 Å². The van der Waals surface area contributed by atoms with E-state index < -0.39 is 0 Å². The molecule has 1 atom stereocenters. The molecule has 2 aliphatic heterocycles. The topological polar surface area (TPSA) is 24.5 Å². The molecule has 2 heterocycles. The third-order valence-corrected chi connectivity index (χ3v) is 2.60. The molecule has 2 aliphatic rings. The van der Waals surface area contributed by atoms with Gasteiger partial charge in [0.25, 0.3) is 0 Å².